The van der Waals surface area contributed by atoms with Crippen molar-refractivity contribution in [2.24, 2.45) is 17.3 Å². The smallest absolute Gasteiger partial charge is 0.160 e. The standard InChI is InChI=1S/C13H24O5/c1-7(15)5-8-11(16)10(13(2,3)4)9(6-14)18-12(8)17/h8-12,14,16-17H,5-6H2,1-4H3. The monoisotopic (exact) mass is 260 g/mol. The predicted molar refractivity (Wildman–Crippen MR) is 65.7 cm³/mol. The van der Waals surface area contributed by atoms with Crippen LogP contribution in [0.5, 0.6) is 0 Å². The fourth-order valence-corrected chi connectivity index (χ4v) is 2.80. The predicted octanol–water partition coefficient (Wildman–Crippen LogP) is 0.314. The molecule has 0 aromatic heterocycles. The molecule has 0 bridgehead atoms. The van der Waals surface area contributed by atoms with E-state index in [2.05, 4.69) is 0 Å². The van der Waals surface area contributed by atoms with Gasteiger partial charge in [-0.1, -0.05) is 20.8 Å². The second kappa shape index (κ2) is 5.65. The highest BCUT2D eigenvalue weighted by atomic mass is 16.6. The van der Waals surface area contributed by atoms with Gasteiger partial charge in [0, 0.05) is 18.3 Å². The molecule has 5 unspecified atom stereocenters. The van der Waals surface area contributed by atoms with Crippen LogP contribution in [0.4, 0.5) is 0 Å². The van der Waals surface area contributed by atoms with Crippen molar-refractivity contribution < 1.29 is 24.9 Å². The molecule has 5 heteroatoms. The molecule has 1 fully saturated rings. The minimum atomic E-state index is -1.21. The summed E-state index contributed by atoms with van der Waals surface area (Å²) in [6.45, 7) is 6.98. The van der Waals surface area contributed by atoms with Crippen LogP contribution in [0.2, 0.25) is 0 Å². The van der Waals surface area contributed by atoms with Crippen molar-refractivity contribution in [1.29, 1.82) is 0 Å². The van der Waals surface area contributed by atoms with Gasteiger partial charge in [-0.25, -0.2) is 0 Å². The Bertz CT molecular complexity index is 296. The SMILES string of the molecule is CC(=O)CC1C(O)OC(CO)C(C(C)(C)C)C1O. The molecule has 1 aliphatic rings. The van der Waals surface area contributed by atoms with Gasteiger partial charge in [-0.15, -0.1) is 0 Å². The maximum atomic E-state index is 11.2. The second-order valence-corrected chi connectivity index (χ2v) is 6.20. The third-order valence-electron chi connectivity index (χ3n) is 3.59. The second-order valence-electron chi connectivity index (χ2n) is 6.20. The van der Waals surface area contributed by atoms with Gasteiger partial charge in [0.25, 0.3) is 0 Å². The Morgan fingerprint density at radius 1 is 1.28 bits per heavy atom. The topological polar surface area (TPSA) is 87.0 Å². The Labute approximate surface area is 108 Å². The Kier molecular flexibility index (Phi) is 4.89. The van der Waals surface area contributed by atoms with Gasteiger partial charge in [0.1, 0.15) is 5.78 Å². The van der Waals surface area contributed by atoms with Crippen LogP contribution in [-0.4, -0.2) is 46.2 Å². The Morgan fingerprint density at radius 2 is 1.83 bits per heavy atom. The van der Waals surface area contributed by atoms with Crippen molar-refractivity contribution in [3.8, 4) is 0 Å². The number of carbonyl (C=O) groups excluding carboxylic acids is 1. The van der Waals surface area contributed by atoms with E-state index in [-0.39, 0.29) is 30.1 Å². The number of carbonyl (C=O) groups is 1. The Hall–Kier alpha value is -0.490. The lowest BCUT2D eigenvalue weighted by Crippen LogP contribution is -2.56. The highest BCUT2D eigenvalue weighted by molar-refractivity contribution is 5.75. The van der Waals surface area contributed by atoms with Crippen molar-refractivity contribution in [2.45, 2.75) is 52.6 Å². The average molecular weight is 260 g/mol. The zero-order chi connectivity index (χ0) is 14.1. The number of ether oxygens (including phenoxy) is 1. The minimum absolute atomic E-state index is 0.0765. The molecule has 0 amide bonds. The van der Waals surface area contributed by atoms with Gasteiger partial charge in [-0.3, -0.25) is 0 Å². The van der Waals surface area contributed by atoms with Crippen LogP contribution >= 0.6 is 0 Å². The molecule has 0 aromatic rings. The van der Waals surface area contributed by atoms with E-state index in [0.29, 0.717) is 0 Å². The normalized spacial score (nSPS) is 37.6. The quantitative estimate of drug-likeness (QED) is 0.680. The fraction of sp³-hybridized carbons (Fsp3) is 0.923. The van der Waals surface area contributed by atoms with Crippen molar-refractivity contribution >= 4 is 5.78 Å². The molecule has 0 radical (unpaired) electrons. The minimum Gasteiger partial charge on any atom is -0.394 e. The van der Waals surface area contributed by atoms with Gasteiger partial charge in [0.05, 0.1) is 18.8 Å². The van der Waals surface area contributed by atoms with E-state index in [0.717, 1.165) is 0 Å². The van der Waals surface area contributed by atoms with Gasteiger partial charge in [0.15, 0.2) is 6.29 Å². The molecule has 0 aromatic carbocycles. The molecule has 0 aliphatic carbocycles. The molecular weight excluding hydrogens is 236 g/mol. The fourth-order valence-electron chi connectivity index (χ4n) is 2.80. The van der Waals surface area contributed by atoms with E-state index in [1.54, 1.807) is 0 Å². The summed E-state index contributed by atoms with van der Waals surface area (Å²) < 4.78 is 5.35. The zero-order valence-electron chi connectivity index (χ0n) is 11.5. The third kappa shape index (κ3) is 3.29. The van der Waals surface area contributed by atoms with Crippen molar-refractivity contribution in [1.82, 2.24) is 0 Å². The van der Waals surface area contributed by atoms with Gasteiger partial charge < -0.3 is 24.9 Å². The summed E-state index contributed by atoms with van der Waals surface area (Å²) in [5.41, 5.74) is -0.290. The molecule has 106 valence electrons. The lowest BCUT2D eigenvalue weighted by Gasteiger charge is -2.48. The van der Waals surface area contributed by atoms with Gasteiger partial charge in [0.2, 0.25) is 0 Å². The molecule has 1 aliphatic heterocycles. The first-order chi connectivity index (χ1) is 8.18. The van der Waals surface area contributed by atoms with Crippen LogP contribution in [0, 0.1) is 17.3 Å². The molecule has 5 atom stereocenters. The van der Waals surface area contributed by atoms with Gasteiger partial charge >= 0.3 is 0 Å². The summed E-state index contributed by atoms with van der Waals surface area (Å²) in [7, 11) is 0. The third-order valence-corrected chi connectivity index (χ3v) is 3.59. The van der Waals surface area contributed by atoms with E-state index in [9.17, 15) is 20.1 Å². The lowest BCUT2D eigenvalue weighted by molar-refractivity contribution is -0.269. The summed E-state index contributed by atoms with van der Waals surface area (Å²) in [5.74, 6) is -1.05. The molecule has 1 saturated heterocycles. The molecule has 18 heavy (non-hydrogen) atoms. The summed E-state index contributed by atoms with van der Waals surface area (Å²) in [5, 5.41) is 29.5. The summed E-state index contributed by atoms with van der Waals surface area (Å²) in [4.78, 5) is 11.2. The van der Waals surface area contributed by atoms with Crippen LogP contribution in [0.25, 0.3) is 0 Å². The number of aliphatic hydroxyl groups excluding tert-OH is 3. The maximum Gasteiger partial charge on any atom is 0.160 e. The highest BCUT2D eigenvalue weighted by Crippen LogP contribution is 2.41. The van der Waals surface area contributed by atoms with Crippen LogP contribution in [0.15, 0.2) is 0 Å². The first kappa shape index (κ1) is 15.6. The van der Waals surface area contributed by atoms with Crippen molar-refractivity contribution in [3.05, 3.63) is 0 Å². The van der Waals surface area contributed by atoms with Crippen LogP contribution < -0.4 is 0 Å². The number of hydrogen-bond donors (Lipinski definition) is 3. The molecule has 0 saturated carbocycles. The molecular formula is C13H24O5. The van der Waals surface area contributed by atoms with E-state index in [4.69, 9.17) is 4.74 Å². The number of ketones is 1. The Morgan fingerprint density at radius 3 is 2.22 bits per heavy atom. The molecule has 1 heterocycles. The van der Waals surface area contributed by atoms with Crippen LogP contribution in [0.3, 0.4) is 0 Å². The zero-order valence-corrected chi connectivity index (χ0v) is 11.5. The van der Waals surface area contributed by atoms with Gasteiger partial charge in [-0.2, -0.15) is 0 Å². The maximum absolute atomic E-state index is 11.2. The number of hydrogen-bond acceptors (Lipinski definition) is 5. The van der Waals surface area contributed by atoms with E-state index >= 15 is 0 Å². The molecule has 1 rings (SSSR count). The first-order valence-corrected chi connectivity index (χ1v) is 6.30. The van der Waals surface area contributed by atoms with Crippen molar-refractivity contribution in [3.63, 3.8) is 0 Å². The summed E-state index contributed by atoms with van der Waals surface area (Å²) in [6.07, 6.45) is -2.61. The number of aliphatic hydroxyl groups is 3. The first-order valence-electron chi connectivity index (χ1n) is 6.30. The number of Topliss-reactive ketones (excluding diaryl/α,β-unsaturated/α-hetero) is 1. The lowest BCUT2D eigenvalue weighted by atomic mass is 9.68. The van der Waals surface area contributed by atoms with E-state index in [1.807, 2.05) is 20.8 Å². The van der Waals surface area contributed by atoms with Crippen molar-refractivity contribution in [2.75, 3.05) is 6.61 Å². The highest BCUT2D eigenvalue weighted by Gasteiger charge is 2.48. The average Bonchev–Trinajstić information content (AvgIpc) is 2.20. The molecule has 5 nitrogen and oxygen atoms in total. The summed E-state index contributed by atoms with van der Waals surface area (Å²) >= 11 is 0. The molecule has 0 spiro atoms. The van der Waals surface area contributed by atoms with E-state index in [1.165, 1.54) is 6.92 Å². The molecule has 3 N–H and O–H groups in total. The number of rotatable bonds is 3. The van der Waals surface area contributed by atoms with E-state index < -0.39 is 24.4 Å². The van der Waals surface area contributed by atoms with Crippen LogP contribution in [-0.2, 0) is 9.53 Å². The summed E-state index contributed by atoms with van der Waals surface area (Å²) in [6, 6.07) is 0. The van der Waals surface area contributed by atoms with Crippen LogP contribution in [0.1, 0.15) is 34.1 Å². The Balaban J connectivity index is 2.96. The largest absolute Gasteiger partial charge is 0.394 e. The van der Waals surface area contributed by atoms with Gasteiger partial charge in [-0.05, 0) is 12.3 Å².